The third kappa shape index (κ3) is 4.75. The fourth-order valence-corrected chi connectivity index (χ4v) is 0.928. The molecule has 0 rings (SSSR count). The average Bonchev–Trinajstić information content (AvgIpc) is 2.22. The molecule has 0 saturated heterocycles. The predicted octanol–water partition coefficient (Wildman–Crippen LogP) is -1.68. The number of hydrogen-bond donors (Lipinski definition) is 4. The standard InChI is InChI=1S/C9H19N3O3/c1-3-5(2)7(10)9(15)12-4-6(13)8(11)14/h5-7,13H,3-4,10H2,1-2H3,(H2,11,14)(H,12,15). The van der Waals surface area contributed by atoms with Crippen molar-refractivity contribution >= 4 is 11.8 Å². The Morgan fingerprint density at radius 2 is 2.00 bits per heavy atom. The highest BCUT2D eigenvalue weighted by molar-refractivity contribution is 5.83. The molecule has 0 aromatic rings. The molecule has 0 aromatic heterocycles. The Morgan fingerprint density at radius 3 is 2.40 bits per heavy atom. The summed E-state index contributed by atoms with van der Waals surface area (Å²) in [6, 6.07) is -0.630. The Kier molecular flexibility index (Phi) is 5.88. The SMILES string of the molecule is CCC(C)C(N)C(=O)NCC(O)C(N)=O. The molecule has 0 aliphatic carbocycles. The van der Waals surface area contributed by atoms with Gasteiger partial charge in [0.15, 0.2) is 0 Å². The van der Waals surface area contributed by atoms with Crippen molar-refractivity contribution in [3.8, 4) is 0 Å². The smallest absolute Gasteiger partial charge is 0.248 e. The number of carbonyl (C=O) groups is 2. The van der Waals surface area contributed by atoms with Gasteiger partial charge in [-0.05, 0) is 5.92 Å². The summed E-state index contributed by atoms with van der Waals surface area (Å²) >= 11 is 0. The molecule has 0 heterocycles. The van der Waals surface area contributed by atoms with Gasteiger partial charge in [-0.2, -0.15) is 0 Å². The summed E-state index contributed by atoms with van der Waals surface area (Å²) in [5, 5.41) is 11.4. The lowest BCUT2D eigenvalue weighted by atomic mass is 9.99. The Morgan fingerprint density at radius 1 is 1.47 bits per heavy atom. The van der Waals surface area contributed by atoms with Crippen LogP contribution in [0.5, 0.6) is 0 Å². The molecule has 0 aliphatic rings. The van der Waals surface area contributed by atoms with E-state index in [1.165, 1.54) is 0 Å². The number of amides is 2. The molecular weight excluding hydrogens is 198 g/mol. The molecular formula is C9H19N3O3. The summed E-state index contributed by atoms with van der Waals surface area (Å²) in [5.41, 5.74) is 10.4. The predicted molar refractivity (Wildman–Crippen MR) is 55.6 cm³/mol. The second-order valence-corrected chi connectivity index (χ2v) is 3.57. The van der Waals surface area contributed by atoms with Crippen molar-refractivity contribution in [2.24, 2.45) is 17.4 Å². The average molecular weight is 217 g/mol. The van der Waals surface area contributed by atoms with Crippen molar-refractivity contribution in [2.45, 2.75) is 32.4 Å². The van der Waals surface area contributed by atoms with Gasteiger partial charge in [-0.1, -0.05) is 20.3 Å². The second-order valence-electron chi connectivity index (χ2n) is 3.57. The van der Waals surface area contributed by atoms with Gasteiger partial charge in [0.1, 0.15) is 6.10 Å². The van der Waals surface area contributed by atoms with Gasteiger partial charge in [0.25, 0.3) is 0 Å². The third-order valence-electron chi connectivity index (χ3n) is 2.36. The summed E-state index contributed by atoms with van der Waals surface area (Å²) in [6.45, 7) is 3.59. The molecule has 6 N–H and O–H groups in total. The number of primary amides is 1. The van der Waals surface area contributed by atoms with E-state index in [2.05, 4.69) is 5.32 Å². The number of nitrogens with one attached hydrogen (secondary N) is 1. The maximum Gasteiger partial charge on any atom is 0.248 e. The van der Waals surface area contributed by atoms with Gasteiger partial charge in [0.2, 0.25) is 11.8 Å². The van der Waals surface area contributed by atoms with E-state index in [9.17, 15) is 9.59 Å². The molecule has 3 unspecified atom stereocenters. The molecule has 0 aromatic carbocycles. The zero-order valence-corrected chi connectivity index (χ0v) is 9.06. The number of aliphatic hydroxyl groups excluding tert-OH is 1. The third-order valence-corrected chi connectivity index (χ3v) is 2.36. The van der Waals surface area contributed by atoms with Crippen LogP contribution in [0.15, 0.2) is 0 Å². The lowest BCUT2D eigenvalue weighted by Crippen LogP contribution is -2.48. The van der Waals surface area contributed by atoms with Gasteiger partial charge in [0.05, 0.1) is 12.6 Å². The van der Waals surface area contributed by atoms with Gasteiger partial charge in [0, 0.05) is 0 Å². The minimum Gasteiger partial charge on any atom is -0.381 e. The van der Waals surface area contributed by atoms with Crippen LogP contribution in [0.4, 0.5) is 0 Å². The number of rotatable bonds is 6. The van der Waals surface area contributed by atoms with Crippen molar-refractivity contribution in [2.75, 3.05) is 6.54 Å². The van der Waals surface area contributed by atoms with Crippen LogP contribution < -0.4 is 16.8 Å². The normalized spacial score (nSPS) is 16.5. The zero-order chi connectivity index (χ0) is 12.0. The first-order chi connectivity index (χ1) is 6.90. The van der Waals surface area contributed by atoms with Gasteiger partial charge >= 0.3 is 0 Å². The molecule has 6 heteroatoms. The zero-order valence-electron chi connectivity index (χ0n) is 9.06. The Hall–Kier alpha value is -1.14. The highest BCUT2D eigenvalue weighted by atomic mass is 16.3. The molecule has 0 aliphatic heterocycles. The van der Waals surface area contributed by atoms with Crippen LogP contribution in [0.1, 0.15) is 20.3 Å². The topological polar surface area (TPSA) is 118 Å². The quantitative estimate of drug-likeness (QED) is 0.425. The minimum atomic E-state index is -1.36. The molecule has 0 saturated carbocycles. The summed E-state index contributed by atoms with van der Waals surface area (Å²) in [7, 11) is 0. The highest BCUT2D eigenvalue weighted by Crippen LogP contribution is 2.04. The Labute approximate surface area is 89.0 Å². The first-order valence-electron chi connectivity index (χ1n) is 4.90. The molecule has 0 fully saturated rings. The van der Waals surface area contributed by atoms with Crippen molar-refractivity contribution in [1.82, 2.24) is 5.32 Å². The van der Waals surface area contributed by atoms with Crippen molar-refractivity contribution in [3.05, 3.63) is 0 Å². The van der Waals surface area contributed by atoms with Crippen LogP contribution >= 0.6 is 0 Å². The van der Waals surface area contributed by atoms with Crippen molar-refractivity contribution < 1.29 is 14.7 Å². The number of nitrogens with two attached hydrogens (primary N) is 2. The molecule has 0 bridgehead atoms. The number of hydrogen-bond acceptors (Lipinski definition) is 4. The fourth-order valence-electron chi connectivity index (χ4n) is 0.928. The Bertz CT molecular complexity index is 233. The molecule has 15 heavy (non-hydrogen) atoms. The van der Waals surface area contributed by atoms with Crippen LogP contribution in [0.25, 0.3) is 0 Å². The maximum atomic E-state index is 11.4. The van der Waals surface area contributed by atoms with Gasteiger partial charge < -0.3 is 21.9 Å². The van der Waals surface area contributed by atoms with E-state index in [1.54, 1.807) is 0 Å². The first-order valence-corrected chi connectivity index (χ1v) is 4.90. The van der Waals surface area contributed by atoms with Gasteiger partial charge in [-0.25, -0.2) is 0 Å². The van der Waals surface area contributed by atoms with Crippen LogP contribution in [-0.2, 0) is 9.59 Å². The largest absolute Gasteiger partial charge is 0.381 e. The minimum absolute atomic E-state index is 0.0516. The molecule has 3 atom stereocenters. The van der Waals surface area contributed by atoms with E-state index < -0.39 is 18.1 Å². The highest BCUT2D eigenvalue weighted by Gasteiger charge is 2.20. The van der Waals surface area contributed by atoms with E-state index in [0.29, 0.717) is 0 Å². The number of aliphatic hydroxyl groups is 1. The molecule has 88 valence electrons. The summed E-state index contributed by atoms with van der Waals surface area (Å²) in [6.07, 6.45) is -0.578. The van der Waals surface area contributed by atoms with E-state index in [4.69, 9.17) is 16.6 Å². The van der Waals surface area contributed by atoms with Crippen molar-refractivity contribution in [1.29, 1.82) is 0 Å². The molecule has 0 spiro atoms. The lowest BCUT2D eigenvalue weighted by Gasteiger charge is -2.18. The molecule has 6 nitrogen and oxygen atoms in total. The number of carbonyl (C=O) groups excluding carboxylic acids is 2. The van der Waals surface area contributed by atoms with Crippen LogP contribution in [0.2, 0.25) is 0 Å². The van der Waals surface area contributed by atoms with E-state index in [1.807, 2.05) is 13.8 Å². The fraction of sp³-hybridized carbons (Fsp3) is 0.778. The monoisotopic (exact) mass is 217 g/mol. The summed E-state index contributed by atoms with van der Waals surface area (Å²) < 4.78 is 0. The van der Waals surface area contributed by atoms with Crippen LogP contribution in [0.3, 0.4) is 0 Å². The second kappa shape index (κ2) is 6.36. The van der Waals surface area contributed by atoms with E-state index >= 15 is 0 Å². The Balaban J connectivity index is 3.98. The van der Waals surface area contributed by atoms with Gasteiger partial charge in [-0.3, -0.25) is 9.59 Å². The van der Waals surface area contributed by atoms with Crippen LogP contribution in [0, 0.1) is 5.92 Å². The molecule has 2 amide bonds. The lowest BCUT2D eigenvalue weighted by molar-refractivity contribution is -0.127. The summed E-state index contributed by atoms with van der Waals surface area (Å²) in [4.78, 5) is 21.8. The van der Waals surface area contributed by atoms with E-state index in [-0.39, 0.29) is 18.4 Å². The summed E-state index contributed by atoms with van der Waals surface area (Å²) in [5.74, 6) is -1.20. The van der Waals surface area contributed by atoms with Crippen molar-refractivity contribution in [3.63, 3.8) is 0 Å². The van der Waals surface area contributed by atoms with Crippen LogP contribution in [-0.4, -0.2) is 35.6 Å². The maximum absolute atomic E-state index is 11.4. The first kappa shape index (κ1) is 13.9. The molecule has 0 radical (unpaired) electrons. The van der Waals surface area contributed by atoms with E-state index in [0.717, 1.165) is 6.42 Å². The van der Waals surface area contributed by atoms with Gasteiger partial charge in [-0.15, -0.1) is 0 Å².